The molecule has 0 radical (unpaired) electrons. The molecule has 0 bridgehead atoms. The molecule has 1 aliphatic rings. The van der Waals surface area contributed by atoms with Crippen molar-refractivity contribution in [2.75, 3.05) is 26.2 Å². The second-order valence-electron chi connectivity index (χ2n) is 10.1. The number of likely N-dealkylation sites (tertiary alicyclic amines) is 1. The van der Waals surface area contributed by atoms with E-state index in [2.05, 4.69) is 20.2 Å². The first kappa shape index (κ1) is 27.4. The van der Waals surface area contributed by atoms with E-state index in [1.807, 2.05) is 61.5 Å². The Bertz CT molecular complexity index is 1410. The van der Waals surface area contributed by atoms with E-state index in [1.54, 1.807) is 12.4 Å². The predicted molar refractivity (Wildman–Crippen MR) is 158 cm³/mol. The Morgan fingerprint density at radius 1 is 1.00 bits per heavy atom. The molecule has 3 heterocycles. The first-order valence-electron chi connectivity index (χ1n) is 13.5. The number of hydrogen-bond acceptors (Lipinski definition) is 4. The van der Waals surface area contributed by atoms with Gasteiger partial charge in [0.2, 0.25) is 0 Å². The Balaban J connectivity index is 1.16. The second-order valence-corrected chi connectivity index (χ2v) is 10.9. The van der Waals surface area contributed by atoms with Gasteiger partial charge in [-0.25, -0.2) is 4.98 Å². The number of halogens is 2. The van der Waals surface area contributed by atoms with E-state index in [0.29, 0.717) is 22.5 Å². The van der Waals surface area contributed by atoms with Gasteiger partial charge < -0.3 is 15.2 Å². The molecule has 6 nitrogen and oxygen atoms in total. The van der Waals surface area contributed by atoms with Gasteiger partial charge in [0, 0.05) is 41.5 Å². The van der Waals surface area contributed by atoms with Crippen LogP contribution in [-0.4, -0.2) is 51.9 Å². The smallest absolute Gasteiger partial charge is 0.251 e. The maximum absolute atomic E-state index is 12.4. The molecular formula is C31H33Cl2N5O. The lowest BCUT2D eigenvalue weighted by atomic mass is 9.96. The summed E-state index contributed by atoms with van der Waals surface area (Å²) >= 11 is 12.5. The van der Waals surface area contributed by atoms with E-state index < -0.39 is 0 Å². The van der Waals surface area contributed by atoms with E-state index in [4.69, 9.17) is 28.2 Å². The molecule has 0 aliphatic carbocycles. The molecule has 2 aromatic heterocycles. The summed E-state index contributed by atoms with van der Waals surface area (Å²) < 4.78 is 0. The number of rotatable bonds is 9. The third kappa shape index (κ3) is 6.70. The summed E-state index contributed by atoms with van der Waals surface area (Å²) in [5, 5.41) is 4.10. The maximum Gasteiger partial charge on any atom is 0.251 e. The van der Waals surface area contributed by atoms with Gasteiger partial charge in [-0.05, 0) is 88.1 Å². The van der Waals surface area contributed by atoms with Gasteiger partial charge in [-0.2, -0.15) is 0 Å². The maximum atomic E-state index is 12.4. The van der Waals surface area contributed by atoms with Gasteiger partial charge >= 0.3 is 0 Å². The number of aryl methyl sites for hydroxylation is 1. The number of H-pyrrole nitrogens is 1. The molecule has 39 heavy (non-hydrogen) atoms. The Morgan fingerprint density at radius 2 is 1.77 bits per heavy atom. The molecule has 2 aromatic carbocycles. The molecule has 5 rings (SSSR count). The van der Waals surface area contributed by atoms with E-state index in [-0.39, 0.29) is 5.91 Å². The van der Waals surface area contributed by atoms with Crippen LogP contribution in [0.25, 0.3) is 22.5 Å². The summed E-state index contributed by atoms with van der Waals surface area (Å²) in [5.74, 6) is 1.40. The van der Waals surface area contributed by atoms with Crippen molar-refractivity contribution < 1.29 is 4.79 Å². The van der Waals surface area contributed by atoms with Crippen LogP contribution >= 0.6 is 23.2 Å². The summed E-state index contributed by atoms with van der Waals surface area (Å²) in [6, 6.07) is 17.3. The van der Waals surface area contributed by atoms with Gasteiger partial charge in [0.15, 0.2) is 0 Å². The first-order chi connectivity index (χ1) is 19.0. The van der Waals surface area contributed by atoms with Gasteiger partial charge in [-0.1, -0.05) is 47.5 Å². The van der Waals surface area contributed by atoms with E-state index in [9.17, 15) is 4.79 Å². The van der Waals surface area contributed by atoms with Crippen molar-refractivity contribution in [2.45, 2.75) is 38.5 Å². The van der Waals surface area contributed by atoms with Crippen molar-refractivity contribution in [2.24, 2.45) is 0 Å². The molecule has 4 aromatic rings. The fourth-order valence-corrected chi connectivity index (χ4v) is 5.48. The molecule has 2 N–H and O–H groups in total. The molecule has 202 valence electrons. The minimum absolute atomic E-state index is 0.0127. The Labute approximate surface area is 239 Å². The number of carbonyl (C=O) groups is 1. The van der Waals surface area contributed by atoms with Crippen LogP contribution in [0, 0.1) is 6.92 Å². The van der Waals surface area contributed by atoms with Crippen molar-refractivity contribution in [1.29, 1.82) is 0 Å². The zero-order chi connectivity index (χ0) is 27.2. The number of aromatic amines is 1. The average Bonchev–Trinajstić information content (AvgIpc) is 3.41. The molecule has 1 fully saturated rings. The molecule has 1 aliphatic heterocycles. The van der Waals surface area contributed by atoms with Gasteiger partial charge in [0.05, 0.1) is 21.4 Å². The average molecular weight is 563 g/mol. The molecule has 1 saturated heterocycles. The highest BCUT2D eigenvalue weighted by Crippen LogP contribution is 2.36. The zero-order valence-electron chi connectivity index (χ0n) is 22.1. The number of benzene rings is 2. The number of pyridine rings is 1. The van der Waals surface area contributed by atoms with Gasteiger partial charge in [0.25, 0.3) is 5.91 Å². The van der Waals surface area contributed by atoms with Gasteiger partial charge in [-0.15, -0.1) is 0 Å². The lowest BCUT2D eigenvalue weighted by molar-refractivity contribution is 0.0951. The molecule has 8 heteroatoms. The third-order valence-electron chi connectivity index (χ3n) is 7.43. The molecule has 1 amide bonds. The number of nitrogens with one attached hydrogen (secondary N) is 2. The summed E-state index contributed by atoms with van der Waals surface area (Å²) in [6.45, 7) is 5.78. The van der Waals surface area contributed by atoms with Crippen molar-refractivity contribution in [3.05, 3.63) is 94.0 Å². The van der Waals surface area contributed by atoms with E-state index in [1.165, 1.54) is 0 Å². The molecule has 0 spiro atoms. The number of unbranched alkanes of at least 4 members (excludes halogenated alkanes) is 1. The Hall–Kier alpha value is -3.19. The van der Waals surface area contributed by atoms with Crippen LogP contribution < -0.4 is 5.32 Å². The number of hydrogen-bond donors (Lipinski definition) is 2. The van der Waals surface area contributed by atoms with Gasteiger partial charge in [-0.3, -0.25) is 9.78 Å². The Morgan fingerprint density at radius 3 is 2.51 bits per heavy atom. The fourth-order valence-electron chi connectivity index (χ4n) is 5.18. The van der Waals surface area contributed by atoms with Crippen LogP contribution in [-0.2, 0) is 0 Å². The lowest BCUT2D eigenvalue weighted by Gasteiger charge is -2.31. The summed E-state index contributed by atoms with van der Waals surface area (Å²) in [4.78, 5) is 27.8. The zero-order valence-corrected chi connectivity index (χ0v) is 23.6. The number of nitrogens with zero attached hydrogens (tertiary/aromatic N) is 3. The summed E-state index contributed by atoms with van der Waals surface area (Å²) in [7, 11) is 0. The molecule has 0 unspecified atom stereocenters. The highest BCUT2D eigenvalue weighted by molar-refractivity contribution is 6.42. The Kier molecular flexibility index (Phi) is 8.97. The van der Waals surface area contributed by atoms with Crippen LogP contribution in [0.1, 0.15) is 53.3 Å². The molecule has 0 saturated carbocycles. The third-order valence-corrected chi connectivity index (χ3v) is 8.17. The van der Waals surface area contributed by atoms with Crippen molar-refractivity contribution in [1.82, 2.24) is 25.2 Å². The SMILES string of the molecule is Cc1ccccc1C(=O)NCCCCN1CCC(c2nc(-c3ccc(Cl)c(Cl)c3)c(-c3ccncc3)[nH]2)CC1. The summed E-state index contributed by atoms with van der Waals surface area (Å²) in [5.41, 5.74) is 5.59. The van der Waals surface area contributed by atoms with Crippen LogP contribution in [0.3, 0.4) is 0 Å². The van der Waals surface area contributed by atoms with Crippen LogP contribution in [0.4, 0.5) is 0 Å². The predicted octanol–water partition coefficient (Wildman–Crippen LogP) is 7.14. The minimum atomic E-state index is 0.0127. The topological polar surface area (TPSA) is 73.9 Å². The number of imidazole rings is 1. The lowest BCUT2D eigenvalue weighted by Crippen LogP contribution is -2.34. The first-order valence-corrected chi connectivity index (χ1v) is 14.3. The highest BCUT2D eigenvalue weighted by Gasteiger charge is 2.25. The van der Waals surface area contributed by atoms with Crippen molar-refractivity contribution in [3.8, 4) is 22.5 Å². The van der Waals surface area contributed by atoms with Crippen LogP contribution in [0.5, 0.6) is 0 Å². The number of piperidine rings is 1. The van der Waals surface area contributed by atoms with E-state index >= 15 is 0 Å². The molecule has 0 atom stereocenters. The van der Waals surface area contributed by atoms with Crippen molar-refractivity contribution >= 4 is 29.1 Å². The standard InChI is InChI=1S/C31H33Cl2N5O/c1-21-6-2-3-7-25(21)31(39)35-14-4-5-17-38-18-12-23(13-19-38)30-36-28(22-10-15-34-16-11-22)29(37-30)24-8-9-26(32)27(33)20-24/h2-3,6-11,15-16,20,23H,4-5,12-14,17-19H2,1H3,(H,35,39)(H,36,37). The van der Waals surface area contributed by atoms with Gasteiger partial charge in [0.1, 0.15) is 5.82 Å². The number of carbonyl (C=O) groups excluding carboxylic acids is 1. The summed E-state index contributed by atoms with van der Waals surface area (Å²) in [6.07, 6.45) is 7.72. The van der Waals surface area contributed by atoms with Crippen LogP contribution in [0.2, 0.25) is 10.0 Å². The minimum Gasteiger partial charge on any atom is -0.352 e. The quantitative estimate of drug-likeness (QED) is 0.213. The van der Waals surface area contributed by atoms with Crippen molar-refractivity contribution in [3.63, 3.8) is 0 Å². The monoisotopic (exact) mass is 561 g/mol. The normalized spacial score (nSPS) is 14.4. The van der Waals surface area contributed by atoms with E-state index in [0.717, 1.165) is 84.8 Å². The second kappa shape index (κ2) is 12.8. The largest absolute Gasteiger partial charge is 0.352 e. The highest BCUT2D eigenvalue weighted by atomic mass is 35.5. The molecular weight excluding hydrogens is 529 g/mol. The van der Waals surface area contributed by atoms with Crippen LogP contribution in [0.15, 0.2) is 67.0 Å². The fraction of sp³-hybridized carbons (Fsp3) is 0.323. The number of aromatic nitrogens is 3. The number of amides is 1.